The minimum Gasteiger partial charge on any atom is -0.493 e. The highest BCUT2D eigenvalue weighted by Crippen LogP contribution is 2.47. The molecular weight excluding hydrogens is 592 g/mol. The van der Waals surface area contributed by atoms with Gasteiger partial charge in [0.25, 0.3) is 0 Å². The van der Waals surface area contributed by atoms with Crippen LogP contribution in [0.4, 0.5) is 5.95 Å². The lowest BCUT2D eigenvalue weighted by atomic mass is 9.73. The fraction of sp³-hybridized carbons (Fsp3) is 0.343. The van der Waals surface area contributed by atoms with Gasteiger partial charge in [-0.05, 0) is 84.2 Å². The van der Waals surface area contributed by atoms with Gasteiger partial charge in [-0.2, -0.15) is 4.98 Å². The van der Waals surface area contributed by atoms with E-state index in [0.717, 1.165) is 34.4 Å². The van der Waals surface area contributed by atoms with Crippen LogP contribution in [0.5, 0.6) is 11.5 Å². The number of hydrogen-bond donors (Lipinski definition) is 1. The molecule has 1 aromatic heterocycles. The topological polar surface area (TPSA) is 78.3 Å². The molecule has 6 rings (SSSR count). The van der Waals surface area contributed by atoms with Crippen LogP contribution in [0.25, 0.3) is 0 Å². The summed E-state index contributed by atoms with van der Waals surface area (Å²) < 4.78 is 13.9. The van der Waals surface area contributed by atoms with Crippen LogP contribution in [0.3, 0.4) is 0 Å². The maximum absolute atomic E-state index is 13.7. The molecule has 1 aliphatic carbocycles. The first-order valence-corrected chi connectivity index (χ1v) is 16.1. The molecule has 1 atom stereocenters. The van der Waals surface area contributed by atoms with Crippen molar-refractivity contribution >= 4 is 35.1 Å². The Kier molecular flexibility index (Phi) is 8.24. The van der Waals surface area contributed by atoms with Gasteiger partial charge in [-0.3, -0.25) is 4.79 Å². The van der Waals surface area contributed by atoms with Crippen molar-refractivity contribution < 1.29 is 14.3 Å². The van der Waals surface area contributed by atoms with Crippen molar-refractivity contribution in [2.24, 2.45) is 5.41 Å². The third-order valence-electron chi connectivity index (χ3n) is 8.47. The smallest absolute Gasteiger partial charge is 0.227 e. The van der Waals surface area contributed by atoms with E-state index < -0.39 is 6.04 Å². The number of halogens is 1. The Hall–Kier alpha value is -3.75. The van der Waals surface area contributed by atoms with Gasteiger partial charge in [0.05, 0.1) is 7.11 Å². The number of hydrogen-bond acceptors (Lipinski definition) is 7. The van der Waals surface area contributed by atoms with Crippen LogP contribution in [0, 0.1) is 26.2 Å². The van der Waals surface area contributed by atoms with Crippen LogP contribution in [-0.2, 0) is 17.2 Å². The van der Waals surface area contributed by atoms with E-state index in [1.165, 1.54) is 28.5 Å². The number of fused-ring (bicyclic) bond motifs is 1. The van der Waals surface area contributed by atoms with Crippen molar-refractivity contribution in [2.45, 2.75) is 71.0 Å². The number of carbonyl (C=O) groups is 1. The number of Topliss-reactive ketones (excluding diaryl/α,β-unsaturated/α-hetero) is 1. The number of anilines is 1. The lowest BCUT2D eigenvalue weighted by molar-refractivity contribution is -0.118. The highest BCUT2D eigenvalue weighted by atomic mass is 35.5. The maximum atomic E-state index is 13.7. The second kappa shape index (κ2) is 12.0. The number of carbonyl (C=O) groups excluding carboxylic acids is 1. The van der Waals surface area contributed by atoms with E-state index in [0.29, 0.717) is 46.4 Å². The lowest BCUT2D eigenvalue weighted by Crippen LogP contribution is -2.36. The molecule has 1 N–H and O–H groups in total. The highest BCUT2D eigenvalue weighted by molar-refractivity contribution is 7.98. The SMILES string of the molecule is COc1cc(C2C3=C(CC(C)(C)CC3=O)Nc3nc(SCc4ccccc4Cl)nn32)ccc1OCc1cc(C)c(C)cc1C. The van der Waals surface area contributed by atoms with Crippen LogP contribution in [0.15, 0.2) is 71.0 Å². The first-order valence-electron chi connectivity index (χ1n) is 14.8. The average molecular weight is 629 g/mol. The Morgan fingerprint density at radius 3 is 2.55 bits per heavy atom. The number of benzene rings is 3. The van der Waals surface area contributed by atoms with Crippen LogP contribution in [0.1, 0.15) is 66.1 Å². The Balaban J connectivity index is 1.34. The van der Waals surface area contributed by atoms with Crippen molar-refractivity contribution in [2.75, 3.05) is 12.4 Å². The van der Waals surface area contributed by atoms with Gasteiger partial charge in [-0.15, -0.1) is 5.10 Å². The number of nitrogens with zero attached hydrogens (tertiary/aromatic N) is 3. The number of ketones is 1. The predicted molar refractivity (Wildman–Crippen MR) is 176 cm³/mol. The summed E-state index contributed by atoms with van der Waals surface area (Å²) in [6.07, 6.45) is 1.21. The summed E-state index contributed by atoms with van der Waals surface area (Å²) in [6.45, 7) is 11.0. The minimum absolute atomic E-state index is 0.115. The van der Waals surface area contributed by atoms with E-state index in [-0.39, 0.29) is 11.2 Å². The fourth-order valence-electron chi connectivity index (χ4n) is 6.02. The number of aromatic nitrogens is 3. The van der Waals surface area contributed by atoms with Gasteiger partial charge in [-0.1, -0.05) is 73.6 Å². The number of allylic oxidation sites excluding steroid dienone is 2. The number of aryl methyl sites for hydroxylation is 3. The molecule has 2 heterocycles. The summed E-state index contributed by atoms with van der Waals surface area (Å²) in [5.74, 6) is 2.61. The van der Waals surface area contributed by atoms with Gasteiger partial charge >= 0.3 is 0 Å². The molecule has 228 valence electrons. The van der Waals surface area contributed by atoms with Crippen molar-refractivity contribution in [1.29, 1.82) is 0 Å². The largest absolute Gasteiger partial charge is 0.493 e. The van der Waals surface area contributed by atoms with E-state index in [4.69, 9.17) is 31.2 Å². The molecule has 0 saturated heterocycles. The number of nitrogens with one attached hydrogen (secondary N) is 1. The van der Waals surface area contributed by atoms with Crippen LogP contribution in [-0.4, -0.2) is 27.7 Å². The molecule has 0 amide bonds. The number of ether oxygens (including phenoxy) is 2. The second-order valence-electron chi connectivity index (χ2n) is 12.5. The minimum atomic E-state index is -0.447. The molecule has 0 fully saturated rings. The van der Waals surface area contributed by atoms with Gasteiger partial charge in [-0.25, -0.2) is 4.68 Å². The summed E-state index contributed by atoms with van der Waals surface area (Å²) in [6, 6.07) is 17.6. The van der Waals surface area contributed by atoms with Gasteiger partial charge in [0, 0.05) is 28.5 Å². The van der Waals surface area contributed by atoms with Crippen molar-refractivity contribution in [1.82, 2.24) is 14.8 Å². The average Bonchev–Trinajstić information content (AvgIpc) is 3.38. The molecular formula is C35H37ClN4O3S. The Morgan fingerprint density at radius 2 is 1.77 bits per heavy atom. The van der Waals surface area contributed by atoms with E-state index in [1.807, 2.05) is 47.1 Å². The summed E-state index contributed by atoms with van der Waals surface area (Å²) >= 11 is 7.92. The quantitative estimate of drug-likeness (QED) is 0.196. The van der Waals surface area contributed by atoms with Crippen molar-refractivity contribution in [3.05, 3.63) is 104 Å². The molecule has 9 heteroatoms. The zero-order chi connectivity index (χ0) is 31.2. The Bertz CT molecular complexity index is 1790. The Labute approximate surface area is 268 Å². The summed E-state index contributed by atoms with van der Waals surface area (Å²) in [5.41, 5.74) is 8.21. The van der Waals surface area contributed by atoms with E-state index in [1.54, 1.807) is 7.11 Å². The number of rotatable bonds is 8. The molecule has 1 unspecified atom stereocenters. The molecule has 0 radical (unpaired) electrons. The summed E-state index contributed by atoms with van der Waals surface area (Å²) in [5, 5.41) is 9.68. The first kappa shape index (κ1) is 30.3. The molecule has 7 nitrogen and oxygen atoms in total. The number of methoxy groups -OCH3 is 1. The molecule has 0 saturated carbocycles. The van der Waals surface area contributed by atoms with Gasteiger partial charge in [0.15, 0.2) is 17.3 Å². The van der Waals surface area contributed by atoms with E-state index in [2.05, 4.69) is 52.1 Å². The summed E-state index contributed by atoms with van der Waals surface area (Å²) in [7, 11) is 1.64. The second-order valence-corrected chi connectivity index (χ2v) is 13.8. The van der Waals surface area contributed by atoms with Crippen LogP contribution >= 0.6 is 23.4 Å². The monoisotopic (exact) mass is 628 g/mol. The zero-order valence-electron chi connectivity index (χ0n) is 26.0. The molecule has 0 bridgehead atoms. The third-order valence-corrected chi connectivity index (χ3v) is 9.72. The number of thioether (sulfide) groups is 1. The fourth-order valence-corrected chi connectivity index (χ4v) is 7.14. The molecule has 3 aromatic carbocycles. The van der Waals surface area contributed by atoms with Gasteiger partial charge in [0.1, 0.15) is 12.6 Å². The van der Waals surface area contributed by atoms with E-state index in [9.17, 15) is 4.79 Å². The highest BCUT2D eigenvalue weighted by Gasteiger charge is 2.42. The van der Waals surface area contributed by atoms with Gasteiger partial charge < -0.3 is 14.8 Å². The Morgan fingerprint density at radius 1 is 1.00 bits per heavy atom. The zero-order valence-corrected chi connectivity index (χ0v) is 27.5. The molecule has 0 spiro atoms. The van der Waals surface area contributed by atoms with Crippen LogP contribution in [0.2, 0.25) is 5.02 Å². The maximum Gasteiger partial charge on any atom is 0.227 e. The predicted octanol–water partition coefficient (Wildman–Crippen LogP) is 8.39. The standard InChI is InChI=1S/C35H37ClN4O3S/c1-20-13-22(3)25(14-21(20)2)18-43-29-12-11-23(15-30(29)42-6)32-31-27(16-35(4,5)17-28(31)41)37-33-38-34(39-40(32)33)44-19-24-9-7-8-10-26(24)36/h7-15,32H,16-19H2,1-6H3,(H,37,38,39). The molecule has 4 aromatic rings. The molecule has 2 aliphatic rings. The third kappa shape index (κ3) is 5.97. The van der Waals surface area contributed by atoms with Crippen LogP contribution < -0.4 is 14.8 Å². The first-order chi connectivity index (χ1) is 21.0. The lowest BCUT2D eigenvalue weighted by Gasteiger charge is -2.38. The van der Waals surface area contributed by atoms with Crippen molar-refractivity contribution in [3.63, 3.8) is 0 Å². The molecule has 1 aliphatic heterocycles. The van der Waals surface area contributed by atoms with Crippen molar-refractivity contribution in [3.8, 4) is 11.5 Å². The van der Waals surface area contributed by atoms with Gasteiger partial charge in [0.2, 0.25) is 11.1 Å². The summed E-state index contributed by atoms with van der Waals surface area (Å²) in [4.78, 5) is 18.6. The normalized spacial score (nSPS) is 17.2. The molecule has 44 heavy (non-hydrogen) atoms. The van der Waals surface area contributed by atoms with E-state index >= 15 is 0 Å².